The Balaban J connectivity index is 1.54. The molecular formula is C20H27N3+2. The van der Waals surface area contributed by atoms with Crippen molar-refractivity contribution in [2.75, 3.05) is 39.8 Å². The molecule has 0 saturated carbocycles. The van der Waals surface area contributed by atoms with Crippen molar-refractivity contribution in [1.82, 2.24) is 4.57 Å². The normalized spacial score (nSPS) is 22.0. The van der Waals surface area contributed by atoms with Crippen LogP contribution in [0.25, 0.3) is 21.8 Å². The summed E-state index contributed by atoms with van der Waals surface area (Å²) in [5, 5.41) is 2.78. The number of piperazine rings is 1. The van der Waals surface area contributed by atoms with Crippen LogP contribution in [0.4, 0.5) is 0 Å². The van der Waals surface area contributed by atoms with Crippen LogP contribution in [-0.2, 0) is 6.54 Å². The number of hydrogen-bond donors (Lipinski definition) is 2. The van der Waals surface area contributed by atoms with Crippen LogP contribution in [0.2, 0.25) is 0 Å². The van der Waals surface area contributed by atoms with E-state index in [0.29, 0.717) is 0 Å². The number of para-hydroxylation sites is 2. The van der Waals surface area contributed by atoms with Crippen molar-refractivity contribution in [2.45, 2.75) is 13.0 Å². The Bertz CT molecular complexity index is 744. The molecule has 1 aromatic heterocycles. The first kappa shape index (κ1) is 14.7. The molecule has 0 atom stereocenters. The van der Waals surface area contributed by atoms with E-state index in [1.807, 2.05) is 0 Å². The zero-order valence-corrected chi connectivity index (χ0v) is 14.0. The Labute approximate surface area is 138 Å². The summed E-state index contributed by atoms with van der Waals surface area (Å²) in [6.45, 7) is 7.74. The van der Waals surface area contributed by atoms with Gasteiger partial charge >= 0.3 is 0 Å². The molecule has 0 bridgehead atoms. The Morgan fingerprint density at radius 1 is 0.826 bits per heavy atom. The summed E-state index contributed by atoms with van der Waals surface area (Å²) in [5.41, 5.74) is 2.76. The first-order valence-corrected chi connectivity index (χ1v) is 8.94. The molecule has 0 amide bonds. The predicted molar refractivity (Wildman–Crippen MR) is 96.2 cm³/mol. The summed E-state index contributed by atoms with van der Waals surface area (Å²) in [5.74, 6) is 0. The van der Waals surface area contributed by atoms with Crippen molar-refractivity contribution in [3.8, 4) is 0 Å². The molecule has 3 heteroatoms. The van der Waals surface area contributed by atoms with Crippen molar-refractivity contribution < 1.29 is 9.80 Å². The SMILES string of the molecule is C[NH+]1CC[NH+](CCCn2c3ccccc3c3ccccc32)CC1. The third-order valence-electron chi connectivity index (χ3n) is 5.40. The van der Waals surface area contributed by atoms with Gasteiger partial charge in [0.25, 0.3) is 0 Å². The Morgan fingerprint density at radius 3 is 2.00 bits per heavy atom. The minimum atomic E-state index is 1.13. The quantitative estimate of drug-likeness (QED) is 0.701. The molecule has 3 aromatic rings. The lowest BCUT2D eigenvalue weighted by Crippen LogP contribution is -3.27. The van der Waals surface area contributed by atoms with Gasteiger partial charge in [0.2, 0.25) is 0 Å². The largest absolute Gasteiger partial charge is 0.340 e. The Kier molecular flexibility index (Phi) is 4.06. The van der Waals surface area contributed by atoms with Crippen molar-refractivity contribution >= 4 is 21.8 Å². The lowest BCUT2D eigenvalue weighted by Gasteiger charge is -2.27. The monoisotopic (exact) mass is 309 g/mol. The second kappa shape index (κ2) is 6.34. The van der Waals surface area contributed by atoms with Gasteiger partial charge in [-0.25, -0.2) is 0 Å². The molecule has 4 rings (SSSR count). The van der Waals surface area contributed by atoms with Gasteiger partial charge in [-0.15, -0.1) is 0 Å². The van der Waals surface area contributed by atoms with Gasteiger partial charge in [-0.05, 0) is 12.1 Å². The van der Waals surface area contributed by atoms with Crippen LogP contribution < -0.4 is 9.80 Å². The third kappa shape index (κ3) is 2.87. The fraction of sp³-hybridized carbons (Fsp3) is 0.400. The molecule has 1 saturated heterocycles. The highest BCUT2D eigenvalue weighted by molar-refractivity contribution is 6.07. The van der Waals surface area contributed by atoms with E-state index in [9.17, 15) is 0 Å². The first-order valence-electron chi connectivity index (χ1n) is 8.94. The van der Waals surface area contributed by atoms with E-state index in [1.165, 1.54) is 61.0 Å². The number of nitrogens with zero attached hydrogens (tertiary/aromatic N) is 1. The molecule has 0 unspecified atom stereocenters. The molecular weight excluding hydrogens is 282 g/mol. The first-order chi connectivity index (χ1) is 11.3. The number of aryl methyl sites for hydroxylation is 1. The van der Waals surface area contributed by atoms with Gasteiger partial charge in [0.15, 0.2) is 0 Å². The maximum Gasteiger partial charge on any atom is 0.127 e. The summed E-state index contributed by atoms with van der Waals surface area (Å²) >= 11 is 0. The smallest absolute Gasteiger partial charge is 0.127 e. The molecule has 2 heterocycles. The summed E-state index contributed by atoms with van der Waals surface area (Å²) in [7, 11) is 2.31. The zero-order valence-electron chi connectivity index (χ0n) is 14.0. The number of likely N-dealkylation sites (N-methyl/N-ethyl adjacent to an activating group) is 1. The molecule has 1 aliphatic heterocycles. The van der Waals surface area contributed by atoms with Gasteiger partial charge in [-0.2, -0.15) is 0 Å². The average molecular weight is 309 g/mol. The Morgan fingerprint density at radius 2 is 1.39 bits per heavy atom. The predicted octanol–water partition coefficient (Wildman–Crippen LogP) is 0.598. The molecule has 23 heavy (non-hydrogen) atoms. The summed E-state index contributed by atoms with van der Waals surface area (Å²) < 4.78 is 2.52. The van der Waals surface area contributed by atoms with E-state index in [4.69, 9.17) is 0 Å². The van der Waals surface area contributed by atoms with Gasteiger partial charge in [-0.1, -0.05) is 36.4 Å². The third-order valence-corrected chi connectivity index (χ3v) is 5.40. The second-order valence-electron chi connectivity index (χ2n) is 7.00. The fourth-order valence-electron chi connectivity index (χ4n) is 4.01. The summed E-state index contributed by atoms with van der Waals surface area (Å²) in [4.78, 5) is 3.48. The zero-order chi connectivity index (χ0) is 15.6. The van der Waals surface area contributed by atoms with Crippen LogP contribution in [0.5, 0.6) is 0 Å². The van der Waals surface area contributed by atoms with Crippen molar-refractivity contribution in [1.29, 1.82) is 0 Å². The maximum atomic E-state index is 2.52. The van der Waals surface area contributed by atoms with E-state index in [2.05, 4.69) is 60.1 Å². The van der Waals surface area contributed by atoms with Gasteiger partial charge in [0.1, 0.15) is 26.2 Å². The van der Waals surface area contributed by atoms with Crippen LogP contribution in [0.15, 0.2) is 48.5 Å². The minimum absolute atomic E-state index is 1.13. The number of quaternary nitrogens is 2. The highest BCUT2D eigenvalue weighted by atomic mass is 15.2. The molecule has 2 N–H and O–H groups in total. The number of hydrogen-bond acceptors (Lipinski definition) is 0. The molecule has 0 radical (unpaired) electrons. The van der Waals surface area contributed by atoms with E-state index in [-0.39, 0.29) is 0 Å². The number of rotatable bonds is 4. The van der Waals surface area contributed by atoms with Crippen molar-refractivity contribution in [3.63, 3.8) is 0 Å². The molecule has 2 aromatic carbocycles. The highest BCUT2D eigenvalue weighted by Gasteiger charge is 2.19. The van der Waals surface area contributed by atoms with Crippen LogP contribution in [0, 0.1) is 0 Å². The summed E-state index contributed by atoms with van der Waals surface area (Å²) in [6.07, 6.45) is 1.26. The maximum absolute atomic E-state index is 2.52. The molecule has 120 valence electrons. The van der Waals surface area contributed by atoms with E-state index in [0.717, 1.165) is 6.54 Å². The van der Waals surface area contributed by atoms with Crippen molar-refractivity contribution in [3.05, 3.63) is 48.5 Å². The highest BCUT2D eigenvalue weighted by Crippen LogP contribution is 2.28. The van der Waals surface area contributed by atoms with E-state index in [1.54, 1.807) is 9.80 Å². The molecule has 0 aliphatic carbocycles. The number of aromatic nitrogens is 1. The van der Waals surface area contributed by atoms with E-state index < -0.39 is 0 Å². The van der Waals surface area contributed by atoms with Gasteiger partial charge in [0, 0.05) is 34.8 Å². The topological polar surface area (TPSA) is 13.8 Å². The Hall–Kier alpha value is -1.84. The van der Waals surface area contributed by atoms with Gasteiger partial charge in [0.05, 0.1) is 13.6 Å². The summed E-state index contributed by atoms with van der Waals surface area (Å²) in [6, 6.07) is 17.7. The average Bonchev–Trinajstić information content (AvgIpc) is 2.91. The van der Waals surface area contributed by atoms with Crippen LogP contribution in [0.3, 0.4) is 0 Å². The van der Waals surface area contributed by atoms with Crippen LogP contribution in [0.1, 0.15) is 6.42 Å². The van der Waals surface area contributed by atoms with Crippen molar-refractivity contribution in [2.24, 2.45) is 0 Å². The molecule has 0 spiro atoms. The van der Waals surface area contributed by atoms with Crippen LogP contribution >= 0.6 is 0 Å². The molecule has 1 aliphatic rings. The van der Waals surface area contributed by atoms with Gasteiger partial charge in [-0.3, -0.25) is 0 Å². The van der Waals surface area contributed by atoms with Gasteiger partial charge < -0.3 is 14.4 Å². The standard InChI is InChI=1S/C20H25N3/c1-21-13-15-22(16-14-21)11-6-12-23-19-9-4-2-7-17(19)18-8-3-5-10-20(18)23/h2-5,7-10H,6,11-16H2,1H3/p+2. The second-order valence-corrected chi connectivity index (χ2v) is 7.00. The fourth-order valence-corrected chi connectivity index (χ4v) is 4.01. The van der Waals surface area contributed by atoms with Crippen LogP contribution in [-0.4, -0.2) is 44.3 Å². The number of nitrogens with one attached hydrogen (secondary N) is 2. The molecule has 3 nitrogen and oxygen atoms in total. The lowest BCUT2D eigenvalue weighted by molar-refractivity contribution is -1.00. The van der Waals surface area contributed by atoms with E-state index >= 15 is 0 Å². The number of benzene rings is 2. The number of fused-ring (bicyclic) bond motifs is 3. The minimum Gasteiger partial charge on any atom is -0.340 e. The lowest BCUT2D eigenvalue weighted by atomic mass is 10.2. The molecule has 1 fully saturated rings.